The van der Waals surface area contributed by atoms with Crippen molar-refractivity contribution in [3.63, 3.8) is 0 Å². The third-order valence-electron chi connectivity index (χ3n) is 4.25. The van der Waals surface area contributed by atoms with Crippen LogP contribution < -0.4 is 4.74 Å². The van der Waals surface area contributed by atoms with Gasteiger partial charge in [0.25, 0.3) is 0 Å². The van der Waals surface area contributed by atoms with Gasteiger partial charge in [-0.25, -0.2) is 0 Å². The molecule has 1 aliphatic heterocycles. The lowest BCUT2D eigenvalue weighted by molar-refractivity contribution is -0.137. The van der Waals surface area contributed by atoms with Crippen molar-refractivity contribution in [2.75, 3.05) is 19.4 Å². The molecule has 0 aromatic heterocycles. The fraction of sp³-hybridized carbons (Fsp3) is 0.316. The van der Waals surface area contributed by atoms with E-state index in [1.54, 1.807) is 23.8 Å². The Balaban J connectivity index is 1.70. The quantitative estimate of drug-likeness (QED) is 0.779. The van der Waals surface area contributed by atoms with Crippen LogP contribution in [0.25, 0.3) is 0 Å². The summed E-state index contributed by atoms with van der Waals surface area (Å²) in [6.07, 6.45) is -4.28. The Labute approximate surface area is 154 Å². The van der Waals surface area contributed by atoms with Crippen molar-refractivity contribution in [3.8, 4) is 5.75 Å². The molecule has 2 aromatic carbocycles. The van der Waals surface area contributed by atoms with Gasteiger partial charge in [-0.3, -0.25) is 4.79 Å². The van der Waals surface area contributed by atoms with E-state index in [-0.39, 0.29) is 17.7 Å². The van der Waals surface area contributed by atoms with Crippen molar-refractivity contribution >= 4 is 17.7 Å². The summed E-state index contributed by atoms with van der Waals surface area (Å²) in [7, 11) is 1.60. The molecule has 26 heavy (non-hydrogen) atoms. The van der Waals surface area contributed by atoms with Crippen LogP contribution in [0, 0.1) is 0 Å². The number of ether oxygens (including phenoxy) is 1. The van der Waals surface area contributed by atoms with E-state index in [9.17, 15) is 18.0 Å². The number of halogens is 3. The molecule has 1 amide bonds. The van der Waals surface area contributed by atoms with E-state index in [4.69, 9.17) is 4.74 Å². The average molecular weight is 381 g/mol. The van der Waals surface area contributed by atoms with Gasteiger partial charge in [0.05, 0.1) is 19.1 Å². The lowest BCUT2D eigenvalue weighted by Gasteiger charge is -2.24. The Morgan fingerprint density at radius 1 is 1.15 bits per heavy atom. The zero-order valence-corrected chi connectivity index (χ0v) is 14.9. The van der Waals surface area contributed by atoms with Gasteiger partial charge in [0, 0.05) is 12.3 Å². The van der Waals surface area contributed by atoms with Gasteiger partial charge in [0.15, 0.2) is 0 Å². The molecule has 2 aromatic rings. The smallest absolute Gasteiger partial charge is 0.416 e. The molecule has 1 fully saturated rings. The van der Waals surface area contributed by atoms with Gasteiger partial charge in [0.2, 0.25) is 5.91 Å². The Bertz CT molecular complexity index is 760. The van der Waals surface area contributed by atoms with E-state index in [2.05, 4.69) is 0 Å². The molecule has 1 aliphatic rings. The maximum atomic E-state index is 12.7. The number of hydrogen-bond donors (Lipinski definition) is 0. The zero-order valence-electron chi connectivity index (χ0n) is 14.1. The number of carbonyl (C=O) groups is 1. The lowest BCUT2D eigenvalue weighted by atomic mass is 10.1. The predicted molar refractivity (Wildman–Crippen MR) is 95.1 cm³/mol. The standard InChI is InChI=1S/C19H18F3NO2S/c1-25-16-8-4-14(5-9-16)18-23(10-11-26-18)17(24)12-13-2-6-15(7-3-13)19(20,21)22/h2-9,18H,10-12H2,1H3. The zero-order chi connectivity index (χ0) is 18.7. The third kappa shape index (κ3) is 4.15. The number of nitrogens with zero attached hydrogens (tertiary/aromatic N) is 1. The number of benzene rings is 2. The first-order chi connectivity index (χ1) is 12.4. The number of thioether (sulfide) groups is 1. The minimum atomic E-state index is -4.37. The van der Waals surface area contributed by atoms with Crippen LogP contribution >= 0.6 is 11.8 Å². The summed E-state index contributed by atoms with van der Waals surface area (Å²) in [5, 5.41) is -0.0807. The first kappa shape index (κ1) is 18.6. The Kier molecular flexibility index (Phi) is 5.46. The van der Waals surface area contributed by atoms with Crippen LogP contribution in [0.5, 0.6) is 5.75 Å². The topological polar surface area (TPSA) is 29.5 Å². The minimum absolute atomic E-state index is 0.0807. The summed E-state index contributed by atoms with van der Waals surface area (Å²) in [6.45, 7) is 0.626. The summed E-state index contributed by atoms with van der Waals surface area (Å²) < 4.78 is 43.1. The van der Waals surface area contributed by atoms with E-state index in [0.29, 0.717) is 12.1 Å². The predicted octanol–water partition coefficient (Wildman–Crippen LogP) is 4.53. The molecular formula is C19H18F3NO2S. The maximum absolute atomic E-state index is 12.7. The van der Waals surface area contributed by atoms with Crippen molar-refractivity contribution in [1.82, 2.24) is 4.90 Å². The molecule has 0 radical (unpaired) electrons. The lowest BCUT2D eigenvalue weighted by Crippen LogP contribution is -2.31. The Morgan fingerprint density at radius 3 is 2.38 bits per heavy atom. The fourth-order valence-electron chi connectivity index (χ4n) is 2.86. The Hall–Kier alpha value is -2.15. The van der Waals surface area contributed by atoms with E-state index in [0.717, 1.165) is 29.2 Å². The molecule has 1 unspecified atom stereocenters. The first-order valence-corrected chi connectivity index (χ1v) is 9.14. The molecule has 0 saturated carbocycles. The fourth-order valence-corrected chi connectivity index (χ4v) is 4.14. The van der Waals surface area contributed by atoms with Crippen LogP contribution in [0.3, 0.4) is 0 Å². The van der Waals surface area contributed by atoms with Gasteiger partial charge in [-0.2, -0.15) is 13.2 Å². The van der Waals surface area contributed by atoms with Crippen LogP contribution in [0.15, 0.2) is 48.5 Å². The summed E-state index contributed by atoms with van der Waals surface area (Å²) >= 11 is 1.68. The van der Waals surface area contributed by atoms with Gasteiger partial charge in [-0.05, 0) is 35.4 Å². The molecule has 138 valence electrons. The van der Waals surface area contributed by atoms with Gasteiger partial charge >= 0.3 is 6.18 Å². The van der Waals surface area contributed by atoms with E-state index in [1.807, 2.05) is 24.3 Å². The minimum Gasteiger partial charge on any atom is -0.497 e. The number of carbonyl (C=O) groups excluding carboxylic acids is 1. The van der Waals surface area contributed by atoms with Crippen molar-refractivity contribution in [1.29, 1.82) is 0 Å². The molecule has 0 spiro atoms. The summed E-state index contributed by atoms with van der Waals surface area (Å²) in [6, 6.07) is 12.3. The van der Waals surface area contributed by atoms with Crippen molar-refractivity contribution < 1.29 is 22.7 Å². The average Bonchev–Trinajstić information content (AvgIpc) is 3.11. The van der Waals surface area contributed by atoms with Crippen LogP contribution in [0.2, 0.25) is 0 Å². The molecule has 1 atom stereocenters. The highest BCUT2D eigenvalue weighted by atomic mass is 32.2. The summed E-state index contributed by atoms with van der Waals surface area (Å²) in [4.78, 5) is 14.5. The number of amides is 1. The number of alkyl halides is 3. The second-order valence-electron chi connectivity index (χ2n) is 5.95. The van der Waals surface area contributed by atoms with E-state index in [1.165, 1.54) is 12.1 Å². The van der Waals surface area contributed by atoms with Gasteiger partial charge < -0.3 is 9.64 Å². The van der Waals surface area contributed by atoms with Gasteiger partial charge in [-0.1, -0.05) is 24.3 Å². The normalized spacial score (nSPS) is 17.4. The van der Waals surface area contributed by atoms with Crippen LogP contribution in [-0.2, 0) is 17.4 Å². The monoisotopic (exact) mass is 381 g/mol. The molecule has 0 N–H and O–H groups in total. The van der Waals surface area contributed by atoms with Crippen LogP contribution in [0.1, 0.15) is 22.1 Å². The van der Waals surface area contributed by atoms with Gasteiger partial charge in [0.1, 0.15) is 11.1 Å². The summed E-state index contributed by atoms with van der Waals surface area (Å²) in [5.41, 5.74) is 0.879. The number of rotatable bonds is 4. The third-order valence-corrected chi connectivity index (χ3v) is 5.51. The molecule has 0 aliphatic carbocycles. The first-order valence-electron chi connectivity index (χ1n) is 8.09. The molecule has 7 heteroatoms. The molecule has 1 saturated heterocycles. The molecule has 3 rings (SSSR count). The largest absolute Gasteiger partial charge is 0.497 e. The highest BCUT2D eigenvalue weighted by molar-refractivity contribution is 7.99. The van der Waals surface area contributed by atoms with E-state index < -0.39 is 11.7 Å². The summed E-state index contributed by atoms with van der Waals surface area (Å²) in [5.74, 6) is 1.49. The van der Waals surface area contributed by atoms with Gasteiger partial charge in [-0.15, -0.1) is 11.8 Å². The van der Waals surface area contributed by atoms with Crippen molar-refractivity contribution in [2.24, 2.45) is 0 Å². The maximum Gasteiger partial charge on any atom is 0.416 e. The van der Waals surface area contributed by atoms with Crippen molar-refractivity contribution in [2.45, 2.75) is 18.0 Å². The van der Waals surface area contributed by atoms with Crippen LogP contribution in [-0.4, -0.2) is 30.2 Å². The van der Waals surface area contributed by atoms with Crippen molar-refractivity contribution in [3.05, 3.63) is 65.2 Å². The van der Waals surface area contributed by atoms with E-state index >= 15 is 0 Å². The molecule has 1 heterocycles. The SMILES string of the molecule is COc1ccc(C2SCCN2C(=O)Cc2ccc(C(F)(F)F)cc2)cc1. The second kappa shape index (κ2) is 7.61. The number of hydrogen-bond acceptors (Lipinski definition) is 3. The number of methoxy groups -OCH3 is 1. The highest BCUT2D eigenvalue weighted by Gasteiger charge is 2.32. The molecular weight excluding hydrogens is 363 g/mol. The second-order valence-corrected chi connectivity index (χ2v) is 7.14. The van der Waals surface area contributed by atoms with Crippen LogP contribution in [0.4, 0.5) is 13.2 Å². The highest BCUT2D eigenvalue weighted by Crippen LogP contribution is 2.38. The molecule has 0 bridgehead atoms. The molecule has 3 nitrogen and oxygen atoms in total. The Morgan fingerprint density at radius 2 is 1.81 bits per heavy atom.